The number of sulfonamides is 1. The molecule has 0 saturated heterocycles. The molecule has 0 saturated carbocycles. The van der Waals surface area contributed by atoms with E-state index in [1.165, 1.54) is 31.8 Å². The molecular formula is C32H29N7O6S. The average Bonchev–Trinajstić information content (AvgIpc) is 3.07. The number of pyridine rings is 2. The maximum atomic E-state index is 13.7. The predicted octanol–water partition coefficient (Wildman–Crippen LogP) is 5.26. The summed E-state index contributed by atoms with van der Waals surface area (Å²) in [5, 5.41) is -0.231. The van der Waals surface area contributed by atoms with Gasteiger partial charge in [0.05, 0.1) is 7.11 Å². The zero-order valence-electron chi connectivity index (χ0n) is 25.3. The quantitative estimate of drug-likeness (QED) is 0.140. The lowest BCUT2D eigenvalue weighted by Crippen LogP contribution is -2.24. The van der Waals surface area contributed by atoms with E-state index in [9.17, 15) is 8.42 Å². The Labute approximate surface area is 266 Å². The Balaban J connectivity index is 1.67. The first-order valence-electron chi connectivity index (χ1n) is 13.9. The van der Waals surface area contributed by atoms with E-state index in [0.717, 1.165) is 5.56 Å². The van der Waals surface area contributed by atoms with Crippen LogP contribution < -0.4 is 23.7 Å². The molecule has 1 aromatic carbocycles. The van der Waals surface area contributed by atoms with Crippen molar-refractivity contribution in [3.63, 3.8) is 0 Å². The molecule has 0 fully saturated rings. The van der Waals surface area contributed by atoms with Gasteiger partial charge in [-0.3, -0.25) is 9.71 Å². The molecule has 234 valence electrons. The highest BCUT2D eigenvalue weighted by molar-refractivity contribution is 7.92. The predicted molar refractivity (Wildman–Crippen MR) is 168 cm³/mol. The van der Waals surface area contributed by atoms with Crippen LogP contribution in [0.4, 0.5) is 5.82 Å². The fourth-order valence-corrected chi connectivity index (χ4v) is 4.87. The van der Waals surface area contributed by atoms with Gasteiger partial charge in [0.15, 0.2) is 28.2 Å². The maximum absolute atomic E-state index is 13.7. The standard InChI is InChI=1S/C32H29N7O6S/c1-5-9-27(45-32-34-16-8-17-35-32)44-31-28(43-25-11-7-6-10-24(25)42-4)30(37-29(38-31)22-14-18-33-19-15-22)39-46(40,41)26-13-12-23(20-36-26)21(2)3/h6-8,10-21,27H,1-4H3,(H,37,38,39). The number of aromatic nitrogens is 6. The van der Waals surface area contributed by atoms with Crippen LogP contribution >= 0.6 is 0 Å². The zero-order chi connectivity index (χ0) is 32.5. The van der Waals surface area contributed by atoms with Crippen LogP contribution in [0.15, 0.2) is 90.6 Å². The van der Waals surface area contributed by atoms with Crippen LogP contribution in [-0.4, -0.2) is 51.7 Å². The minimum Gasteiger partial charge on any atom is -0.493 e. The summed E-state index contributed by atoms with van der Waals surface area (Å²) in [6.45, 7) is 5.56. The van der Waals surface area contributed by atoms with Gasteiger partial charge in [0, 0.05) is 36.5 Å². The maximum Gasteiger partial charge on any atom is 0.320 e. The minimum absolute atomic E-state index is 0.0114. The van der Waals surface area contributed by atoms with E-state index in [1.807, 2.05) is 13.8 Å². The highest BCUT2D eigenvalue weighted by atomic mass is 32.2. The topological polar surface area (TPSA) is 160 Å². The minimum atomic E-state index is -4.30. The normalized spacial score (nSPS) is 11.6. The molecule has 1 atom stereocenters. The van der Waals surface area contributed by atoms with Gasteiger partial charge in [-0.15, -0.1) is 0 Å². The van der Waals surface area contributed by atoms with Gasteiger partial charge in [-0.05, 0) is 60.7 Å². The van der Waals surface area contributed by atoms with Gasteiger partial charge >= 0.3 is 12.3 Å². The number of methoxy groups -OCH3 is 1. The lowest BCUT2D eigenvalue weighted by Gasteiger charge is -2.20. The summed E-state index contributed by atoms with van der Waals surface area (Å²) in [6.07, 6.45) is 6.31. The van der Waals surface area contributed by atoms with Crippen molar-refractivity contribution in [1.29, 1.82) is 0 Å². The Morgan fingerprint density at radius 1 is 0.848 bits per heavy atom. The number of anilines is 1. The summed E-state index contributed by atoms with van der Waals surface area (Å²) in [6, 6.07) is 14.8. The summed E-state index contributed by atoms with van der Waals surface area (Å²) < 4.78 is 53.6. The van der Waals surface area contributed by atoms with Crippen molar-refractivity contribution in [2.75, 3.05) is 11.8 Å². The third-order valence-electron chi connectivity index (χ3n) is 6.22. The van der Waals surface area contributed by atoms with Crippen LogP contribution in [0.5, 0.6) is 29.1 Å². The molecule has 46 heavy (non-hydrogen) atoms. The highest BCUT2D eigenvalue weighted by Gasteiger charge is 2.28. The molecule has 0 aliphatic rings. The van der Waals surface area contributed by atoms with Crippen LogP contribution in [0.3, 0.4) is 0 Å². The Hall–Kier alpha value is -5.81. The Bertz CT molecular complexity index is 1950. The zero-order valence-corrected chi connectivity index (χ0v) is 26.1. The average molecular weight is 640 g/mol. The third kappa shape index (κ3) is 7.63. The van der Waals surface area contributed by atoms with E-state index in [2.05, 4.69) is 46.5 Å². The molecule has 0 bridgehead atoms. The van der Waals surface area contributed by atoms with Gasteiger partial charge in [-0.25, -0.2) is 19.9 Å². The summed E-state index contributed by atoms with van der Waals surface area (Å²) in [7, 11) is -2.83. The molecule has 13 nitrogen and oxygen atoms in total. The van der Waals surface area contributed by atoms with Crippen molar-refractivity contribution in [3.8, 4) is 52.4 Å². The van der Waals surface area contributed by atoms with Crippen molar-refractivity contribution < 1.29 is 27.4 Å². The second kappa shape index (κ2) is 14.3. The lowest BCUT2D eigenvalue weighted by atomic mass is 10.1. The number of para-hydroxylation sites is 2. The first kappa shape index (κ1) is 31.6. The van der Waals surface area contributed by atoms with Crippen molar-refractivity contribution >= 4 is 15.8 Å². The van der Waals surface area contributed by atoms with Crippen LogP contribution in [-0.2, 0) is 10.0 Å². The van der Waals surface area contributed by atoms with E-state index in [0.29, 0.717) is 11.3 Å². The molecule has 1 unspecified atom stereocenters. The number of hydrogen-bond acceptors (Lipinski definition) is 12. The molecule has 1 N–H and O–H groups in total. The molecule has 5 aromatic rings. The largest absolute Gasteiger partial charge is 0.493 e. The molecular weight excluding hydrogens is 610 g/mol. The monoisotopic (exact) mass is 639 g/mol. The van der Waals surface area contributed by atoms with Gasteiger partial charge in [0.1, 0.15) is 0 Å². The van der Waals surface area contributed by atoms with E-state index in [-0.39, 0.29) is 46.0 Å². The first-order chi connectivity index (χ1) is 22.3. The van der Waals surface area contributed by atoms with Gasteiger partial charge in [0.2, 0.25) is 5.75 Å². The third-order valence-corrected chi connectivity index (χ3v) is 7.48. The van der Waals surface area contributed by atoms with Gasteiger partial charge in [0.25, 0.3) is 15.9 Å². The lowest BCUT2D eigenvalue weighted by molar-refractivity contribution is 0.0413. The number of nitrogens with one attached hydrogen (secondary N) is 1. The van der Waals surface area contributed by atoms with Gasteiger partial charge in [-0.2, -0.15) is 13.4 Å². The van der Waals surface area contributed by atoms with E-state index in [4.69, 9.17) is 18.9 Å². The number of benzene rings is 1. The summed E-state index contributed by atoms with van der Waals surface area (Å²) >= 11 is 0. The number of ether oxygens (including phenoxy) is 4. The SMILES string of the molecule is CC#CC(Oc1ncccn1)Oc1nc(-c2ccncc2)nc(NS(=O)(=O)c2ccc(C(C)C)cn2)c1Oc1ccccc1OC. The second-order valence-electron chi connectivity index (χ2n) is 9.70. The molecule has 4 aromatic heterocycles. The van der Waals surface area contributed by atoms with E-state index >= 15 is 0 Å². The summed E-state index contributed by atoms with van der Waals surface area (Å²) in [4.78, 5) is 25.5. The Morgan fingerprint density at radius 3 is 2.24 bits per heavy atom. The second-order valence-corrected chi connectivity index (χ2v) is 11.3. The number of hydrogen-bond donors (Lipinski definition) is 1. The molecule has 0 amide bonds. The summed E-state index contributed by atoms with van der Waals surface area (Å²) in [5.74, 6) is 5.68. The summed E-state index contributed by atoms with van der Waals surface area (Å²) in [5.41, 5.74) is 1.39. The van der Waals surface area contributed by atoms with E-state index < -0.39 is 16.3 Å². The van der Waals surface area contributed by atoms with Crippen molar-refractivity contribution in [1.82, 2.24) is 29.9 Å². The highest BCUT2D eigenvalue weighted by Crippen LogP contribution is 2.42. The molecule has 0 aliphatic carbocycles. The Morgan fingerprint density at radius 2 is 1.59 bits per heavy atom. The number of nitrogens with zero attached hydrogens (tertiary/aromatic N) is 6. The van der Waals surface area contributed by atoms with E-state index in [1.54, 1.807) is 67.8 Å². The van der Waals surface area contributed by atoms with Crippen LogP contribution in [0, 0.1) is 11.8 Å². The fraction of sp³-hybridized carbons (Fsp3) is 0.188. The van der Waals surface area contributed by atoms with Crippen molar-refractivity contribution in [3.05, 3.63) is 91.1 Å². The molecule has 4 heterocycles. The first-order valence-corrected chi connectivity index (χ1v) is 15.4. The van der Waals surface area contributed by atoms with Crippen LogP contribution in [0.25, 0.3) is 11.4 Å². The smallest absolute Gasteiger partial charge is 0.320 e. The molecule has 0 spiro atoms. The van der Waals surface area contributed by atoms with Crippen molar-refractivity contribution in [2.45, 2.75) is 38.0 Å². The van der Waals surface area contributed by atoms with Crippen LogP contribution in [0.2, 0.25) is 0 Å². The Kier molecular flexibility index (Phi) is 9.84. The van der Waals surface area contributed by atoms with Gasteiger partial charge < -0.3 is 18.9 Å². The van der Waals surface area contributed by atoms with Crippen molar-refractivity contribution in [2.24, 2.45) is 0 Å². The molecule has 0 radical (unpaired) electrons. The molecule has 0 aliphatic heterocycles. The molecule has 5 rings (SSSR count). The van der Waals surface area contributed by atoms with Crippen LogP contribution in [0.1, 0.15) is 32.3 Å². The fourth-order valence-electron chi connectivity index (χ4n) is 3.93. The molecule has 14 heteroatoms. The van der Waals surface area contributed by atoms with Gasteiger partial charge in [-0.1, -0.05) is 38.0 Å². The number of rotatable bonds is 12.